The highest BCUT2D eigenvalue weighted by atomic mass is 79.9. The number of hydrogen-bond acceptors (Lipinski definition) is 3. The van der Waals surface area contributed by atoms with E-state index in [1.807, 2.05) is 6.07 Å². The molecule has 0 N–H and O–H groups in total. The van der Waals surface area contributed by atoms with E-state index in [1.165, 1.54) is 0 Å². The van der Waals surface area contributed by atoms with Crippen molar-refractivity contribution >= 4 is 15.9 Å². The van der Waals surface area contributed by atoms with Crippen LogP contribution < -0.4 is 4.74 Å². The minimum atomic E-state index is 0.506. The van der Waals surface area contributed by atoms with Gasteiger partial charge in [0.1, 0.15) is 6.07 Å². The molecule has 0 atom stereocenters. The van der Waals surface area contributed by atoms with Crippen LogP contribution in [0.1, 0.15) is 11.3 Å². The molecule has 0 aliphatic heterocycles. The average Bonchev–Trinajstić information content (AvgIpc) is 2.08. The number of methoxy groups -OCH3 is 1. The van der Waals surface area contributed by atoms with E-state index in [0.717, 1.165) is 0 Å². The molecule has 1 aromatic heterocycles. The Morgan fingerprint density at radius 2 is 2.33 bits per heavy atom. The molecule has 0 bridgehead atoms. The van der Waals surface area contributed by atoms with Crippen LogP contribution in [-0.2, 0) is 0 Å². The van der Waals surface area contributed by atoms with Gasteiger partial charge in [-0.3, -0.25) is 0 Å². The number of hydrogen-bond donors (Lipinski definition) is 0. The molecular formula is C8H7BrN2O. The Bertz CT molecular complexity index is 343. The van der Waals surface area contributed by atoms with Crippen LogP contribution in [0.4, 0.5) is 0 Å². The quantitative estimate of drug-likeness (QED) is 0.737. The first-order valence-corrected chi connectivity index (χ1v) is 4.09. The third kappa shape index (κ3) is 1.56. The zero-order valence-electron chi connectivity index (χ0n) is 6.76. The van der Waals surface area contributed by atoms with Gasteiger partial charge in [-0.15, -0.1) is 0 Å². The lowest BCUT2D eigenvalue weighted by atomic mass is 10.2. The van der Waals surface area contributed by atoms with Crippen LogP contribution in [-0.4, -0.2) is 12.1 Å². The molecule has 0 saturated heterocycles. The molecule has 3 nitrogen and oxygen atoms in total. The van der Waals surface area contributed by atoms with E-state index in [4.69, 9.17) is 10.00 Å². The van der Waals surface area contributed by atoms with Crippen molar-refractivity contribution in [3.8, 4) is 11.9 Å². The summed E-state index contributed by atoms with van der Waals surface area (Å²) in [6.45, 7) is 1.77. The molecule has 4 heteroatoms. The predicted octanol–water partition coefficient (Wildman–Crippen LogP) is 2.03. The van der Waals surface area contributed by atoms with Crippen LogP contribution in [0.15, 0.2) is 10.5 Å². The fraction of sp³-hybridized carbons (Fsp3) is 0.250. The van der Waals surface area contributed by atoms with Gasteiger partial charge < -0.3 is 4.74 Å². The Kier molecular flexibility index (Phi) is 2.66. The highest BCUT2D eigenvalue weighted by molar-refractivity contribution is 9.10. The summed E-state index contributed by atoms with van der Waals surface area (Å²) in [5.41, 5.74) is 1.24. The van der Waals surface area contributed by atoms with Crippen molar-refractivity contribution in [1.29, 1.82) is 5.26 Å². The van der Waals surface area contributed by atoms with Crippen LogP contribution in [0, 0.1) is 18.3 Å². The SMILES string of the molecule is COc1nc(C)c(C#N)cc1Br. The van der Waals surface area contributed by atoms with E-state index >= 15 is 0 Å². The van der Waals surface area contributed by atoms with Crippen molar-refractivity contribution in [2.24, 2.45) is 0 Å². The normalized spacial score (nSPS) is 9.17. The number of ether oxygens (including phenoxy) is 1. The molecule has 62 valence electrons. The number of aryl methyl sites for hydroxylation is 1. The first-order chi connectivity index (χ1) is 5.69. The highest BCUT2D eigenvalue weighted by Gasteiger charge is 2.06. The van der Waals surface area contributed by atoms with Crippen LogP contribution >= 0.6 is 15.9 Å². The van der Waals surface area contributed by atoms with E-state index in [1.54, 1.807) is 20.1 Å². The van der Waals surface area contributed by atoms with Crippen molar-refractivity contribution in [1.82, 2.24) is 4.98 Å². The molecule has 1 aromatic rings. The summed E-state index contributed by atoms with van der Waals surface area (Å²) < 4.78 is 5.66. The molecule has 1 heterocycles. The fourth-order valence-corrected chi connectivity index (χ4v) is 1.29. The molecule has 0 saturated carbocycles. The van der Waals surface area contributed by atoms with Crippen LogP contribution in [0.2, 0.25) is 0 Å². The third-order valence-electron chi connectivity index (χ3n) is 1.45. The maximum Gasteiger partial charge on any atom is 0.228 e. The van der Waals surface area contributed by atoms with Crippen molar-refractivity contribution in [2.75, 3.05) is 7.11 Å². The second kappa shape index (κ2) is 3.55. The van der Waals surface area contributed by atoms with Crippen molar-refractivity contribution in [3.05, 3.63) is 21.8 Å². The molecule has 0 amide bonds. The Balaban J connectivity index is 3.28. The first kappa shape index (κ1) is 9.01. The molecule has 0 spiro atoms. The smallest absolute Gasteiger partial charge is 0.228 e. The molecule has 0 unspecified atom stereocenters. The number of nitrogens with zero attached hydrogens (tertiary/aromatic N) is 2. The van der Waals surface area contributed by atoms with Gasteiger partial charge in [0.15, 0.2) is 0 Å². The van der Waals surface area contributed by atoms with Crippen molar-refractivity contribution < 1.29 is 4.74 Å². The van der Waals surface area contributed by atoms with Crippen LogP contribution in [0.3, 0.4) is 0 Å². The van der Waals surface area contributed by atoms with Gasteiger partial charge in [-0.05, 0) is 28.9 Å². The lowest BCUT2D eigenvalue weighted by Gasteiger charge is -2.03. The monoisotopic (exact) mass is 226 g/mol. The van der Waals surface area contributed by atoms with Crippen molar-refractivity contribution in [3.63, 3.8) is 0 Å². The molecular weight excluding hydrogens is 220 g/mol. The number of rotatable bonds is 1. The van der Waals surface area contributed by atoms with Gasteiger partial charge in [-0.1, -0.05) is 0 Å². The van der Waals surface area contributed by atoms with E-state index in [9.17, 15) is 0 Å². The van der Waals surface area contributed by atoms with E-state index in [-0.39, 0.29) is 0 Å². The van der Waals surface area contributed by atoms with E-state index in [0.29, 0.717) is 21.6 Å². The number of halogens is 1. The van der Waals surface area contributed by atoms with Gasteiger partial charge in [0.05, 0.1) is 22.8 Å². The molecule has 0 aliphatic carbocycles. The Morgan fingerprint density at radius 1 is 1.67 bits per heavy atom. The lowest BCUT2D eigenvalue weighted by Crippen LogP contribution is -1.94. The predicted molar refractivity (Wildman–Crippen MR) is 47.9 cm³/mol. The number of aromatic nitrogens is 1. The van der Waals surface area contributed by atoms with Crippen molar-refractivity contribution in [2.45, 2.75) is 6.92 Å². The zero-order valence-corrected chi connectivity index (χ0v) is 8.34. The molecule has 0 aliphatic rings. The maximum atomic E-state index is 8.65. The summed E-state index contributed by atoms with van der Waals surface area (Å²) in [6, 6.07) is 3.73. The van der Waals surface area contributed by atoms with Gasteiger partial charge in [-0.2, -0.15) is 5.26 Å². The van der Waals surface area contributed by atoms with Gasteiger partial charge in [0.2, 0.25) is 5.88 Å². The van der Waals surface area contributed by atoms with Gasteiger partial charge >= 0.3 is 0 Å². The first-order valence-electron chi connectivity index (χ1n) is 3.30. The molecule has 0 aromatic carbocycles. The molecule has 0 fully saturated rings. The van der Waals surface area contributed by atoms with Gasteiger partial charge in [-0.25, -0.2) is 4.98 Å². The van der Waals surface area contributed by atoms with Crippen LogP contribution in [0.5, 0.6) is 5.88 Å². The number of nitriles is 1. The number of pyridine rings is 1. The van der Waals surface area contributed by atoms with E-state index < -0.39 is 0 Å². The fourth-order valence-electron chi connectivity index (χ4n) is 0.815. The lowest BCUT2D eigenvalue weighted by molar-refractivity contribution is 0.394. The summed E-state index contributed by atoms with van der Waals surface area (Å²) in [5, 5.41) is 8.65. The Hall–Kier alpha value is -1.08. The summed E-state index contributed by atoms with van der Waals surface area (Å²) >= 11 is 3.24. The second-order valence-electron chi connectivity index (χ2n) is 2.22. The second-order valence-corrected chi connectivity index (χ2v) is 3.08. The average molecular weight is 227 g/mol. The summed E-state index contributed by atoms with van der Waals surface area (Å²) in [5.74, 6) is 0.506. The molecule has 0 radical (unpaired) electrons. The Labute approximate surface area is 79.1 Å². The molecule has 1 rings (SSSR count). The van der Waals surface area contributed by atoms with Gasteiger partial charge in [0, 0.05) is 0 Å². The standard InChI is InChI=1S/C8H7BrN2O/c1-5-6(4-10)3-7(9)8(11-5)12-2/h3H,1-2H3. The minimum Gasteiger partial charge on any atom is -0.480 e. The minimum absolute atomic E-state index is 0.506. The molecule has 12 heavy (non-hydrogen) atoms. The van der Waals surface area contributed by atoms with Crippen LogP contribution in [0.25, 0.3) is 0 Å². The summed E-state index contributed by atoms with van der Waals surface area (Å²) in [6.07, 6.45) is 0. The van der Waals surface area contributed by atoms with E-state index in [2.05, 4.69) is 20.9 Å². The topological polar surface area (TPSA) is 45.9 Å². The largest absolute Gasteiger partial charge is 0.480 e. The summed E-state index contributed by atoms with van der Waals surface area (Å²) in [4.78, 5) is 4.07. The third-order valence-corrected chi connectivity index (χ3v) is 2.02. The summed E-state index contributed by atoms with van der Waals surface area (Å²) in [7, 11) is 1.54. The van der Waals surface area contributed by atoms with Gasteiger partial charge in [0.25, 0.3) is 0 Å². The Morgan fingerprint density at radius 3 is 2.83 bits per heavy atom. The maximum absolute atomic E-state index is 8.65. The zero-order chi connectivity index (χ0) is 9.14. The highest BCUT2D eigenvalue weighted by Crippen LogP contribution is 2.24.